The molecule has 2 heterocycles. The Morgan fingerprint density at radius 3 is 2.95 bits per heavy atom. The van der Waals surface area contributed by atoms with Gasteiger partial charge in [0.2, 0.25) is 5.91 Å². The van der Waals surface area contributed by atoms with E-state index in [4.69, 9.17) is 10.2 Å². The highest BCUT2D eigenvalue weighted by atomic mass is 32.2. The third kappa shape index (κ3) is 5.05. The predicted octanol–water partition coefficient (Wildman–Crippen LogP) is -0.471. The van der Waals surface area contributed by atoms with Gasteiger partial charge < -0.3 is 26.2 Å². The molecule has 0 spiro atoms. The number of carbonyl (C=O) groups is 2. The zero-order valence-corrected chi connectivity index (χ0v) is 12.7. The standard InChI is InChI=1S/C13H23N3O4S/c17-10(14-6-5-11(18)19)4-2-1-3-9-12-8(7-21-9)15-13(20)16-12/h8-9,11-12,18-19H,1-7H2,(H,14,17)(H2,15,16,20)/t8-,9-,12-/m0/s1. The molecule has 21 heavy (non-hydrogen) atoms. The molecule has 5 N–H and O–H groups in total. The van der Waals surface area contributed by atoms with Gasteiger partial charge in [-0.1, -0.05) is 6.42 Å². The maximum atomic E-state index is 11.5. The first-order valence-electron chi connectivity index (χ1n) is 7.37. The Balaban J connectivity index is 1.54. The molecule has 0 aliphatic carbocycles. The summed E-state index contributed by atoms with van der Waals surface area (Å²) in [5.74, 6) is 0.904. The van der Waals surface area contributed by atoms with Crippen molar-refractivity contribution in [3.63, 3.8) is 0 Å². The van der Waals surface area contributed by atoms with Crippen molar-refractivity contribution < 1.29 is 19.8 Å². The molecule has 0 unspecified atom stereocenters. The molecule has 2 fully saturated rings. The molecule has 0 aromatic carbocycles. The maximum absolute atomic E-state index is 11.5. The van der Waals surface area contributed by atoms with Crippen LogP contribution in [0.4, 0.5) is 4.79 Å². The van der Waals surface area contributed by atoms with E-state index in [-0.39, 0.29) is 37.0 Å². The zero-order valence-electron chi connectivity index (χ0n) is 11.9. The minimum absolute atomic E-state index is 0.0524. The number of urea groups is 1. The number of aliphatic hydroxyl groups excluding tert-OH is 1. The van der Waals surface area contributed by atoms with E-state index in [0.29, 0.717) is 11.7 Å². The van der Waals surface area contributed by atoms with Crippen LogP contribution in [0.5, 0.6) is 0 Å². The monoisotopic (exact) mass is 317 g/mol. The molecule has 3 atom stereocenters. The minimum Gasteiger partial charge on any atom is -0.368 e. The summed E-state index contributed by atoms with van der Waals surface area (Å²) in [4.78, 5) is 22.7. The Kier molecular flexibility index (Phi) is 6.13. The summed E-state index contributed by atoms with van der Waals surface area (Å²) in [7, 11) is 0. The van der Waals surface area contributed by atoms with Crippen LogP contribution in [0.2, 0.25) is 0 Å². The molecule has 7 nitrogen and oxygen atoms in total. The highest BCUT2D eigenvalue weighted by Gasteiger charge is 2.42. The highest BCUT2D eigenvalue weighted by Crippen LogP contribution is 2.33. The lowest BCUT2D eigenvalue weighted by molar-refractivity contribution is -0.121. The molecule has 3 amide bonds. The van der Waals surface area contributed by atoms with Crippen LogP contribution in [0, 0.1) is 0 Å². The second-order valence-electron chi connectivity index (χ2n) is 5.49. The smallest absolute Gasteiger partial charge is 0.315 e. The number of fused-ring (bicyclic) bond motifs is 1. The molecule has 2 aliphatic rings. The van der Waals surface area contributed by atoms with Crippen molar-refractivity contribution in [3.05, 3.63) is 0 Å². The largest absolute Gasteiger partial charge is 0.368 e. The van der Waals surface area contributed by atoms with E-state index in [9.17, 15) is 9.59 Å². The summed E-state index contributed by atoms with van der Waals surface area (Å²) in [5, 5.41) is 26.3. The minimum atomic E-state index is -1.37. The first kappa shape index (κ1) is 16.4. The number of rotatable bonds is 8. The van der Waals surface area contributed by atoms with Crippen LogP contribution in [-0.2, 0) is 4.79 Å². The normalized spacial score (nSPS) is 27.4. The average molecular weight is 317 g/mol. The van der Waals surface area contributed by atoms with Gasteiger partial charge in [-0.2, -0.15) is 11.8 Å². The first-order chi connectivity index (χ1) is 10.1. The zero-order chi connectivity index (χ0) is 15.2. The summed E-state index contributed by atoms with van der Waals surface area (Å²) < 4.78 is 0. The Bertz CT molecular complexity index is 380. The van der Waals surface area contributed by atoms with Crippen molar-refractivity contribution in [3.8, 4) is 0 Å². The summed E-state index contributed by atoms with van der Waals surface area (Å²) in [6.45, 7) is 0.288. The van der Waals surface area contributed by atoms with Gasteiger partial charge in [0, 0.05) is 30.4 Å². The van der Waals surface area contributed by atoms with E-state index in [1.54, 1.807) is 0 Å². The second kappa shape index (κ2) is 7.86. The van der Waals surface area contributed by atoms with Gasteiger partial charge in [0.25, 0.3) is 0 Å². The Morgan fingerprint density at radius 1 is 1.38 bits per heavy atom. The van der Waals surface area contributed by atoms with Crippen molar-refractivity contribution in [1.82, 2.24) is 16.0 Å². The lowest BCUT2D eigenvalue weighted by Gasteiger charge is -2.16. The van der Waals surface area contributed by atoms with Crippen LogP contribution in [0.1, 0.15) is 32.1 Å². The van der Waals surface area contributed by atoms with Crippen LogP contribution >= 0.6 is 11.8 Å². The van der Waals surface area contributed by atoms with Crippen LogP contribution in [0.25, 0.3) is 0 Å². The number of unbranched alkanes of at least 4 members (excludes halogenated alkanes) is 1. The molecule has 0 aromatic heterocycles. The van der Waals surface area contributed by atoms with Gasteiger partial charge in [0.1, 0.15) is 0 Å². The Labute approximate surface area is 128 Å². The second-order valence-corrected chi connectivity index (χ2v) is 6.76. The molecule has 120 valence electrons. The van der Waals surface area contributed by atoms with Crippen molar-refractivity contribution in [2.75, 3.05) is 12.3 Å². The van der Waals surface area contributed by atoms with Crippen LogP contribution in [0.3, 0.4) is 0 Å². The third-order valence-corrected chi connectivity index (χ3v) is 5.31. The molecule has 2 aliphatic heterocycles. The summed E-state index contributed by atoms with van der Waals surface area (Å²) in [5.41, 5.74) is 0. The molecular formula is C13H23N3O4S. The van der Waals surface area contributed by atoms with Crippen LogP contribution in [0.15, 0.2) is 0 Å². The maximum Gasteiger partial charge on any atom is 0.315 e. The molecule has 0 aromatic rings. The number of hydrogen-bond donors (Lipinski definition) is 5. The summed E-state index contributed by atoms with van der Waals surface area (Å²) in [6, 6.07) is 0.406. The fraction of sp³-hybridized carbons (Fsp3) is 0.846. The number of aliphatic hydroxyl groups is 2. The molecule has 2 saturated heterocycles. The molecule has 0 radical (unpaired) electrons. The third-order valence-electron chi connectivity index (χ3n) is 3.81. The Hall–Kier alpha value is -0.990. The van der Waals surface area contributed by atoms with Crippen LogP contribution < -0.4 is 16.0 Å². The van der Waals surface area contributed by atoms with Gasteiger partial charge in [-0.3, -0.25) is 4.79 Å². The lowest BCUT2D eigenvalue weighted by atomic mass is 10.0. The van der Waals surface area contributed by atoms with E-state index in [0.717, 1.165) is 25.0 Å². The van der Waals surface area contributed by atoms with Gasteiger partial charge in [-0.15, -0.1) is 0 Å². The van der Waals surface area contributed by atoms with Crippen molar-refractivity contribution in [1.29, 1.82) is 0 Å². The molecule has 2 rings (SSSR count). The number of carbonyl (C=O) groups excluding carboxylic acids is 2. The predicted molar refractivity (Wildman–Crippen MR) is 79.8 cm³/mol. The number of amides is 3. The summed E-state index contributed by atoms with van der Waals surface area (Å²) >= 11 is 1.88. The highest BCUT2D eigenvalue weighted by molar-refractivity contribution is 8.00. The fourth-order valence-corrected chi connectivity index (χ4v) is 4.25. The lowest BCUT2D eigenvalue weighted by Crippen LogP contribution is -2.36. The van der Waals surface area contributed by atoms with Crippen molar-refractivity contribution in [2.45, 2.75) is 55.7 Å². The molecule has 0 bridgehead atoms. The molecule has 0 saturated carbocycles. The first-order valence-corrected chi connectivity index (χ1v) is 8.42. The van der Waals surface area contributed by atoms with Gasteiger partial charge >= 0.3 is 6.03 Å². The van der Waals surface area contributed by atoms with E-state index in [1.165, 1.54) is 0 Å². The van der Waals surface area contributed by atoms with Gasteiger partial charge in [0.15, 0.2) is 6.29 Å². The van der Waals surface area contributed by atoms with Crippen molar-refractivity contribution >= 4 is 23.7 Å². The molecular weight excluding hydrogens is 294 g/mol. The van der Waals surface area contributed by atoms with E-state index < -0.39 is 6.29 Å². The van der Waals surface area contributed by atoms with E-state index >= 15 is 0 Å². The quantitative estimate of drug-likeness (QED) is 0.236. The van der Waals surface area contributed by atoms with Crippen LogP contribution in [-0.4, -0.2) is 58.1 Å². The van der Waals surface area contributed by atoms with E-state index in [2.05, 4.69) is 16.0 Å². The fourth-order valence-electron chi connectivity index (χ4n) is 2.70. The van der Waals surface area contributed by atoms with E-state index in [1.807, 2.05) is 11.8 Å². The molecule has 8 heteroatoms. The van der Waals surface area contributed by atoms with Gasteiger partial charge in [-0.25, -0.2) is 4.79 Å². The number of nitrogens with one attached hydrogen (secondary N) is 3. The number of hydrogen-bond acceptors (Lipinski definition) is 5. The van der Waals surface area contributed by atoms with Crippen molar-refractivity contribution in [2.24, 2.45) is 0 Å². The Morgan fingerprint density at radius 2 is 2.19 bits per heavy atom. The number of thioether (sulfide) groups is 1. The SMILES string of the molecule is O=C(CCCC[C@@H]1SC[C@@H]2NC(=O)N[C@@H]21)NCCC(O)O. The summed E-state index contributed by atoms with van der Waals surface area (Å²) in [6.07, 6.45) is 2.00. The average Bonchev–Trinajstić information content (AvgIpc) is 2.94. The topological polar surface area (TPSA) is 111 Å². The van der Waals surface area contributed by atoms with Gasteiger partial charge in [0.05, 0.1) is 12.1 Å². The van der Waals surface area contributed by atoms with Gasteiger partial charge in [-0.05, 0) is 12.8 Å².